The van der Waals surface area contributed by atoms with Gasteiger partial charge in [0.2, 0.25) is 11.8 Å². The van der Waals surface area contributed by atoms with Crippen molar-refractivity contribution in [3.63, 3.8) is 0 Å². The Bertz CT molecular complexity index is 859. The molecule has 1 unspecified atom stereocenters. The smallest absolute Gasteiger partial charge is 0.242 e. The minimum atomic E-state index is -0.565. The Morgan fingerprint density at radius 1 is 0.967 bits per heavy atom. The zero-order valence-corrected chi connectivity index (χ0v) is 19.0. The Morgan fingerprint density at radius 3 is 2.17 bits per heavy atom. The van der Waals surface area contributed by atoms with E-state index in [1.165, 1.54) is 5.56 Å². The van der Waals surface area contributed by atoms with Crippen LogP contribution >= 0.6 is 0 Å². The van der Waals surface area contributed by atoms with Gasteiger partial charge in [-0.3, -0.25) is 9.59 Å². The summed E-state index contributed by atoms with van der Waals surface area (Å²) >= 11 is 0. The van der Waals surface area contributed by atoms with E-state index in [2.05, 4.69) is 12.2 Å². The molecule has 30 heavy (non-hydrogen) atoms. The number of methoxy groups -OCH3 is 1. The largest absolute Gasteiger partial charge is 0.497 e. The second-order valence-corrected chi connectivity index (χ2v) is 8.28. The minimum Gasteiger partial charge on any atom is -0.497 e. The van der Waals surface area contributed by atoms with Gasteiger partial charge in [-0.1, -0.05) is 44.2 Å². The van der Waals surface area contributed by atoms with Crippen LogP contribution in [0.2, 0.25) is 0 Å². The average molecular weight is 411 g/mol. The molecule has 5 nitrogen and oxygen atoms in total. The van der Waals surface area contributed by atoms with Crippen molar-refractivity contribution in [1.29, 1.82) is 0 Å². The van der Waals surface area contributed by atoms with Gasteiger partial charge in [-0.05, 0) is 61.1 Å². The van der Waals surface area contributed by atoms with Crippen molar-refractivity contribution >= 4 is 11.8 Å². The molecule has 0 aliphatic carbocycles. The quantitative estimate of drug-likeness (QED) is 0.679. The minimum absolute atomic E-state index is 0.0683. The number of nitrogens with one attached hydrogen (secondary N) is 1. The lowest BCUT2D eigenvalue weighted by Gasteiger charge is -2.29. The van der Waals surface area contributed by atoms with Crippen LogP contribution in [-0.2, 0) is 22.6 Å². The number of hydrogen-bond acceptors (Lipinski definition) is 3. The van der Waals surface area contributed by atoms with Crippen molar-refractivity contribution in [1.82, 2.24) is 10.2 Å². The summed E-state index contributed by atoms with van der Waals surface area (Å²) in [6, 6.07) is 13.1. The lowest BCUT2D eigenvalue weighted by atomic mass is 10.0. The predicted molar refractivity (Wildman–Crippen MR) is 120 cm³/mol. The summed E-state index contributed by atoms with van der Waals surface area (Å²) in [6.07, 6.45) is 0.263. The van der Waals surface area contributed by atoms with Crippen molar-refractivity contribution in [2.45, 2.75) is 53.6 Å². The van der Waals surface area contributed by atoms with Gasteiger partial charge in [-0.2, -0.15) is 0 Å². The monoisotopic (exact) mass is 410 g/mol. The number of amides is 2. The molecule has 1 N–H and O–H groups in total. The molecule has 0 saturated heterocycles. The molecule has 162 valence electrons. The molecule has 1 atom stereocenters. The molecule has 2 amide bonds. The fourth-order valence-corrected chi connectivity index (χ4v) is 3.15. The van der Waals surface area contributed by atoms with Gasteiger partial charge >= 0.3 is 0 Å². The molecule has 0 aliphatic rings. The van der Waals surface area contributed by atoms with Gasteiger partial charge in [0.05, 0.1) is 13.5 Å². The maximum atomic E-state index is 13.2. The molecule has 2 rings (SSSR count). The molecule has 0 bridgehead atoms. The number of rotatable bonds is 9. The van der Waals surface area contributed by atoms with E-state index >= 15 is 0 Å². The third-order valence-electron chi connectivity index (χ3n) is 5.29. The SMILES string of the molecule is COc1ccc(CN(C(=O)Cc2ccc(C)c(C)c2)C(C)C(=O)NCC(C)C)cc1. The second-order valence-electron chi connectivity index (χ2n) is 8.28. The summed E-state index contributed by atoms with van der Waals surface area (Å²) < 4.78 is 5.22. The summed E-state index contributed by atoms with van der Waals surface area (Å²) in [6.45, 7) is 10.9. The maximum Gasteiger partial charge on any atom is 0.242 e. The van der Waals surface area contributed by atoms with Gasteiger partial charge in [-0.15, -0.1) is 0 Å². The van der Waals surface area contributed by atoms with E-state index in [9.17, 15) is 9.59 Å². The highest BCUT2D eigenvalue weighted by atomic mass is 16.5. The van der Waals surface area contributed by atoms with Crippen molar-refractivity contribution in [2.24, 2.45) is 5.92 Å². The molecule has 5 heteroatoms. The fraction of sp³-hybridized carbons (Fsp3) is 0.440. The van der Waals surface area contributed by atoms with Crippen molar-refractivity contribution in [2.75, 3.05) is 13.7 Å². The van der Waals surface area contributed by atoms with E-state index in [0.29, 0.717) is 19.0 Å². The number of nitrogens with zero attached hydrogens (tertiary/aromatic N) is 1. The number of hydrogen-bond donors (Lipinski definition) is 1. The van der Waals surface area contributed by atoms with Crippen LogP contribution in [0.5, 0.6) is 5.75 Å². The number of benzene rings is 2. The topological polar surface area (TPSA) is 58.6 Å². The number of ether oxygens (including phenoxy) is 1. The molecule has 0 radical (unpaired) electrons. The Kier molecular flexibility index (Phi) is 8.46. The lowest BCUT2D eigenvalue weighted by Crippen LogP contribution is -2.48. The highest BCUT2D eigenvalue weighted by Gasteiger charge is 2.26. The number of aryl methyl sites for hydroxylation is 2. The van der Waals surface area contributed by atoms with Gasteiger partial charge in [0.1, 0.15) is 11.8 Å². The van der Waals surface area contributed by atoms with Gasteiger partial charge < -0.3 is 15.0 Å². The van der Waals surface area contributed by atoms with Crippen molar-refractivity contribution in [3.8, 4) is 5.75 Å². The Hall–Kier alpha value is -2.82. The second kappa shape index (κ2) is 10.8. The van der Waals surface area contributed by atoms with E-state index in [-0.39, 0.29) is 18.2 Å². The van der Waals surface area contributed by atoms with Gasteiger partial charge in [0, 0.05) is 13.1 Å². The van der Waals surface area contributed by atoms with Crippen molar-refractivity contribution < 1.29 is 14.3 Å². The number of carbonyl (C=O) groups is 2. The Labute approximate surface area is 180 Å². The van der Waals surface area contributed by atoms with Crippen LogP contribution in [-0.4, -0.2) is 36.4 Å². The zero-order valence-electron chi connectivity index (χ0n) is 19.0. The van der Waals surface area contributed by atoms with Crippen LogP contribution in [0.15, 0.2) is 42.5 Å². The maximum absolute atomic E-state index is 13.2. The fourth-order valence-electron chi connectivity index (χ4n) is 3.15. The van der Waals surface area contributed by atoms with E-state index in [4.69, 9.17) is 4.74 Å². The third kappa shape index (κ3) is 6.61. The van der Waals surface area contributed by atoms with Crippen LogP contribution < -0.4 is 10.1 Å². The summed E-state index contributed by atoms with van der Waals surface area (Å²) in [5.41, 5.74) is 4.26. The first-order valence-electron chi connectivity index (χ1n) is 10.5. The molecule has 0 aromatic heterocycles. The molecule has 0 heterocycles. The summed E-state index contributed by atoms with van der Waals surface area (Å²) in [5.74, 6) is 0.906. The molecule has 0 saturated carbocycles. The van der Waals surface area contributed by atoms with Crippen molar-refractivity contribution in [3.05, 3.63) is 64.7 Å². The highest BCUT2D eigenvalue weighted by molar-refractivity contribution is 5.88. The first-order valence-corrected chi connectivity index (χ1v) is 10.5. The lowest BCUT2D eigenvalue weighted by molar-refractivity contribution is -0.140. The molecular weight excluding hydrogens is 376 g/mol. The van der Waals surface area contributed by atoms with Gasteiger partial charge in [0.15, 0.2) is 0 Å². The van der Waals surface area contributed by atoms with Crippen LogP contribution in [0, 0.1) is 19.8 Å². The molecule has 0 spiro atoms. The summed E-state index contributed by atoms with van der Waals surface area (Å²) in [4.78, 5) is 27.6. The molecule has 2 aromatic rings. The summed E-state index contributed by atoms with van der Waals surface area (Å²) in [7, 11) is 1.62. The molecular formula is C25H34N2O3. The van der Waals surface area contributed by atoms with Gasteiger partial charge in [0.25, 0.3) is 0 Å². The van der Waals surface area contributed by atoms with Crippen LogP contribution in [0.25, 0.3) is 0 Å². The van der Waals surface area contributed by atoms with Crippen LogP contribution in [0.4, 0.5) is 0 Å². The molecule has 2 aromatic carbocycles. The number of carbonyl (C=O) groups excluding carboxylic acids is 2. The van der Waals surface area contributed by atoms with Crippen LogP contribution in [0.1, 0.15) is 43.0 Å². The Balaban J connectivity index is 2.22. The summed E-state index contributed by atoms with van der Waals surface area (Å²) in [5, 5.41) is 2.95. The molecule has 0 fully saturated rings. The first-order chi connectivity index (χ1) is 14.2. The standard InChI is InChI=1S/C25H34N2O3/c1-17(2)15-26-25(29)20(5)27(16-21-9-11-23(30-6)12-10-21)24(28)14-22-8-7-18(3)19(4)13-22/h7-13,17,20H,14-16H2,1-6H3,(H,26,29). The van der Waals surface area contributed by atoms with E-state index < -0.39 is 6.04 Å². The van der Waals surface area contributed by atoms with Gasteiger partial charge in [-0.25, -0.2) is 0 Å². The normalized spacial score (nSPS) is 11.8. The van der Waals surface area contributed by atoms with Crippen LogP contribution in [0.3, 0.4) is 0 Å². The van der Waals surface area contributed by atoms with E-state index in [0.717, 1.165) is 22.4 Å². The first kappa shape index (κ1) is 23.5. The Morgan fingerprint density at radius 2 is 1.60 bits per heavy atom. The van der Waals surface area contributed by atoms with E-state index in [1.54, 1.807) is 18.9 Å². The highest BCUT2D eigenvalue weighted by Crippen LogP contribution is 2.17. The third-order valence-corrected chi connectivity index (χ3v) is 5.29. The predicted octanol–water partition coefficient (Wildman–Crippen LogP) is 4.04. The average Bonchev–Trinajstić information content (AvgIpc) is 2.72. The zero-order chi connectivity index (χ0) is 22.3. The van der Waals surface area contributed by atoms with E-state index in [1.807, 2.05) is 63.2 Å². The molecule has 0 aliphatic heterocycles.